The molecule has 0 saturated carbocycles. The lowest BCUT2D eigenvalue weighted by Gasteiger charge is -2.05. The molecule has 0 aliphatic rings. The van der Waals surface area contributed by atoms with E-state index in [1.165, 1.54) is 17.8 Å². The molecule has 0 saturated heterocycles. The molecule has 0 unspecified atom stereocenters. The molecular formula is C11H13N5OS. The summed E-state index contributed by atoms with van der Waals surface area (Å²) in [7, 11) is 1.76. The van der Waals surface area contributed by atoms with Crippen LogP contribution >= 0.6 is 11.8 Å². The minimum atomic E-state index is -0.162. The number of aryl methyl sites for hydroxylation is 2. The molecule has 2 heterocycles. The third kappa shape index (κ3) is 2.86. The quantitative estimate of drug-likeness (QED) is 0.643. The van der Waals surface area contributed by atoms with E-state index in [0.717, 1.165) is 10.6 Å². The monoisotopic (exact) mass is 263 g/mol. The SMILES string of the molecule is CNc1ncc(C)c(Sc2nc(C)cc(=O)[nH]2)n1. The molecule has 18 heavy (non-hydrogen) atoms. The van der Waals surface area contributed by atoms with Crippen LogP contribution in [0.4, 0.5) is 5.95 Å². The van der Waals surface area contributed by atoms with Crippen LogP contribution in [0.15, 0.2) is 27.2 Å². The highest BCUT2D eigenvalue weighted by molar-refractivity contribution is 7.99. The van der Waals surface area contributed by atoms with Crippen molar-refractivity contribution in [2.24, 2.45) is 0 Å². The Hall–Kier alpha value is -1.89. The summed E-state index contributed by atoms with van der Waals surface area (Å²) >= 11 is 1.31. The molecule has 0 atom stereocenters. The Morgan fingerprint density at radius 1 is 1.33 bits per heavy atom. The Bertz CT molecular complexity index is 625. The number of nitrogens with zero attached hydrogens (tertiary/aromatic N) is 3. The van der Waals surface area contributed by atoms with Crippen molar-refractivity contribution in [3.8, 4) is 0 Å². The fraction of sp³-hybridized carbons (Fsp3) is 0.273. The standard InChI is InChI=1S/C11H13N5OS/c1-6-5-13-10(12-3)16-9(6)18-11-14-7(2)4-8(17)15-11/h4-5H,1-3H3,(H,12,13,16)(H,14,15,17). The highest BCUT2D eigenvalue weighted by Gasteiger charge is 2.07. The van der Waals surface area contributed by atoms with Crippen LogP contribution < -0.4 is 10.9 Å². The predicted octanol–water partition coefficient (Wildman–Crippen LogP) is 1.37. The van der Waals surface area contributed by atoms with Crippen LogP contribution in [0.3, 0.4) is 0 Å². The molecule has 0 radical (unpaired) electrons. The molecule has 2 N–H and O–H groups in total. The summed E-state index contributed by atoms with van der Waals surface area (Å²) in [5, 5.41) is 4.17. The minimum absolute atomic E-state index is 0.162. The first-order chi connectivity index (χ1) is 8.58. The zero-order chi connectivity index (χ0) is 13.1. The number of rotatable bonds is 3. The largest absolute Gasteiger partial charge is 0.357 e. The van der Waals surface area contributed by atoms with Gasteiger partial charge in [0.15, 0.2) is 5.16 Å². The van der Waals surface area contributed by atoms with E-state index in [1.54, 1.807) is 20.2 Å². The predicted molar refractivity (Wildman–Crippen MR) is 70.0 cm³/mol. The summed E-state index contributed by atoms with van der Waals surface area (Å²) < 4.78 is 0. The van der Waals surface area contributed by atoms with Gasteiger partial charge in [-0.1, -0.05) is 0 Å². The van der Waals surface area contributed by atoms with Crippen LogP contribution in [0.2, 0.25) is 0 Å². The maximum atomic E-state index is 11.4. The number of nitrogens with one attached hydrogen (secondary N) is 2. The fourth-order valence-electron chi connectivity index (χ4n) is 1.34. The van der Waals surface area contributed by atoms with E-state index >= 15 is 0 Å². The maximum absolute atomic E-state index is 11.4. The highest BCUT2D eigenvalue weighted by Crippen LogP contribution is 2.25. The summed E-state index contributed by atoms with van der Waals surface area (Å²) in [6, 6.07) is 1.45. The Labute approximate surface area is 108 Å². The van der Waals surface area contributed by atoms with Crippen LogP contribution in [-0.2, 0) is 0 Å². The number of anilines is 1. The van der Waals surface area contributed by atoms with Crippen LogP contribution in [0.25, 0.3) is 0 Å². The lowest BCUT2D eigenvalue weighted by molar-refractivity contribution is 0.897. The van der Waals surface area contributed by atoms with Crippen LogP contribution in [0.1, 0.15) is 11.3 Å². The normalized spacial score (nSPS) is 10.4. The first kappa shape index (κ1) is 12.6. The van der Waals surface area contributed by atoms with Crippen LogP contribution in [0, 0.1) is 13.8 Å². The van der Waals surface area contributed by atoms with E-state index in [-0.39, 0.29) is 5.56 Å². The molecule has 2 aromatic heterocycles. The second-order valence-corrected chi connectivity index (χ2v) is 4.70. The fourth-order valence-corrected chi connectivity index (χ4v) is 2.21. The van der Waals surface area contributed by atoms with Gasteiger partial charge in [0.2, 0.25) is 5.95 Å². The molecule has 0 aliphatic heterocycles. The number of aromatic nitrogens is 4. The first-order valence-corrected chi connectivity index (χ1v) is 6.17. The topological polar surface area (TPSA) is 83.6 Å². The molecule has 0 amide bonds. The molecule has 94 valence electrons. The molecular weight excluding hydrogens is 250 g/mol. The molecule has 2 aromatic rings. The molecule has 0 spiro atoms. The van der Waals surface area contributed by atoms with E-state index in [1.807, 2.05) is 6.92 Å². The summed E-state index contributed by atoms with van der Waals surface area (Å²) in [5.41, 5.74) is 1.45. The van der Waals surface area contributed by atoms with E-state index in [4.69, 9.17) is 0 Å². The summed E-state index contributed by atoms with van der Waals surface area (Å²) in [6.45, 7) is 3.70. The Morgan fingerprint density at radius 3 is 2.78 bits per heavy atom. The average Bonchev–Trinajstić information content (AvgIpc) is 2.30. The van der Waals surface area contributed by atoms with Gasteiger partial charge in [-0.15, -0.1) is 0 Å². The summed E-state index contributed by atoms with van der Waals surface area (Å²) in [4.78, 5) is 26.7. The van der Waals surface area contributed by atoms with Crippen LogP contribution in [-0.4, -0.2) is 27.0 Å². The van der Waals surface area contributed by atoms with Crippen molar-refractivity contribution in [2.45, 2.75) is 24.0 Å². The van der Waals surface area contributed by atoms with Gasteiger partial charge in [-0.25, -0.2) is 15.0 Å². The van der Waals surface area contributed by atoms with Gasteiger partial charge in [0.25, 0.3) is 5.56 Å². The molecule has 6 nitrogen and oxygen atoms in total. The number of H-pyrrole nitrogens is 1. The molecule has 7 heteroatoms. The lowest BCUT2D eigenvalue weighted by Crippen LogP contribution is -2.08. The van der Waals surface area contributed by atoms with Crippen molar-refractivity contribution in [1.82, 2.24) is 19.9 Å². The smallest absolute Gasteiger partial charge is 0.251 e. The molecule has 2 rings (SSSR count). The van der Waals surface area contributed by atoms with Crippen molar-refractivity contribution >= 4 is 17.7 Å². The van der Waals surface area contributed by atoms with Gasteiger partial charge < -0.3 is 10.3 Å². The first-order valence-electron chi connectivity index (χ1n) is 5.35. The van der Waals surface area contributed by atoms with Gasteiger partial charge >= 0.3 is 0 Å². The van der Waals surface area contributed by atoms with Crippen molar-refractivity contribution < 1.29 is 0 Å². The van der Waals surface area contributed by atoms with Gasteiger partial charge in [-0.3, -0.25) is 4.79 Å². The third-order valence-corrected chi connectivity index (χ3v) is 3.18. The van der Waals surface area contributed by atoms with Gasteiger partial charge in [0.1, 0.15) is 5.03 Å². The van der Waals surface area contributed by atoms with Crippen molar-refractivity contribution in [3.05, 3.63) is 33.9 Å². The van der Waals surface area contributed by atoms with Gasteiger partial charge in [-0.05, 0) is 25.6 Å². The van der Waals surface area contributed by atoms with E-state index in [9.17, 15) is 4.79 Å². The number of hydrogen-bond donors (Lipinski definition) is 2. The van der Waals surface area contributed by atoms with Gasteiger partial charge in [0, 0.05) is 30.6 Å². The molecule has 0 aliphatic carbocycles. The van der Waals surface area contributed by atoms with E-state index in [2.05, 4.69) is 25.3 Å². The molecule has 0 bridgehead atoms. The minimum Gasteiger partial charge on any atom is -0.357 e. The zero-order valence-electron chi connectivity index (χ0n) is 10.3. The summed E-state index contributed by atoms with van der Waals surface area (Å²) in [5.74, 6) is 0.540. The Balaban J connectivity index is 2.36. The number of aromatic amines is 1. The highest BCUT2D eigenvalue weighted by atomic mass is 32.2. The van der Waals surface area contributed by atoms with Crippen LogP contribution in [0.5, 0.6) is 0 Å². The van der Waals surface area contributed by atoms with Gasteiger partial charge in [-0.2, -0.15) is 0 Å². The summed E-state index contributed by atoms with van der Waals surface area (Å²) in [6.07, 6.45) is 1.73. The Morgan fingerprint density at radius 2 is 2.11 bits per heavy atom. The molecule has 0 aromatic carbocycles. The number of hydrogen-bond acceptors (Lipinski definition) is 6. The average molecular weight is 263 g/mol. The van der Waals surface area contributed by atoms with Crippen molar-refractivity contribution in [3.63, 3.8) is 0 Å². The second-order valence-electron chi connectivity index (χ2n) is 3.73. The van der Waals surface area contributed by atoms with Crippen molar-refractivity contribution in [2.75, 3.05) is 12.4 Å². The second kappa shape index (κ2) is 5.18. The van der Waals surface area contributed by atoms with E-state index < -0.39 is 0 Å². The lowest BCUT2D eigenvalue weighted by atomic mass is 10.4. The zero-order valence-corrected chi connectivity index (χ0v) is 11.1. The maximum Gasteiger partial charge on any atom is 0.251 e. The van der Waals surface area contributed by atoms with E-state index in [0.29, 0.717) is 16.8 Å². The van der Waals surface area contributed by atoms with Crippen molar-refractivity contribution in [1.29, 1.82) is 0 Å². The Kier molecular flexibility index (Phi) is 3.61. The van der Waals surface area contributed by atoms with Gasteiger partial charge in [0.05, 0.1) is 0 Å². The third-order valence-electron chi connectivity index (χ3n) is 2.19. The molecule has 0 fully saturated rings.